The van der Waals surface area contributed by atoms with Crippen LogP contribution in [0.1, 0.15) is 23.6 Å². The van der Waals surface area contributed by atoms with Crippen molar-refractivity contribution in [3.63, 3.8) is 0 Å². The summed E-state index contributed by atoms with van der Waals surface area (Å²) in [7, 11) is 0. The highest BCUT2D eigenvalue weighted by molar-refractivity contribution is 5.24. The van der Waals surface area contributed by atoms with Crippen LogP contribution in [0, 0.1) is 6.92 Å². The molecule has 3 nitrogen and oxygen atoms in total. The molecule has 0 fully saturated rings. The van der Waals surface area contributed by atoms with E-state index in [9.17, 15) is 0 Å². The molecule has 0 saturated heterocycles. The van der Waals surface area contributed by atoms with Crippen molar-refractivity contribution in [2.45, 2.75) is 19.4 Å². The molecule has 0 radical (unpaired) electrons. The molecule has 0 unspecified atom stereocenters. The summed E-state index contributed by atoms with van der Waals surface area (Å²) in [6.07, 6.45) is 4.09. The van der Waals surface area contributed by atoms with Crippen molar-refractivity contribution < 1.29 is 5.11 Å². The number of nitrogens with zero attached hydrogens (tertiary/aromatic N) is 1. The Morgan fingerprint density at radius 3 is 3.00 bits per heavy atom. The molecule has 0 amide bonds. The van der Waals surface area contributed by atoms with Crippen LogP contribution in [0.3, 0.4) is 0 Å². The van der Waals surface area contributed by atoms with Crippen LogP contribution in [0.2, 0.25) is 0 Å². The van der Waals surface area contributed by atoms with E-state index in [0.717, 1.165) is 11.1 Å². The Labute approximate surface area is 72.2 Å². The topological polar surface area (TPSA) is 59.1 Å². The predicted molar refractivity (Wildman–Crippen MR) is 47.6 cm³/mol. The summed E-state index contributed by atoms with van der Waals surface area (Å²) in [4.78, 5) is 3.99. The van der Waals surface area contributed by atoms with E-state index in [0.29, 0.717) is 6.42 Å². The van der Waals surface area contributed by atoms with Gasteiger partial charge in [-0.25, -0.2) is 0 Å². The fourth-order valence-electron chi connectivity index (χ4n) is 1.16. The van der Waals surface area contributed by atoms with Gasteiger partial charge >= 0.3 is 0 Å². The standard InChI is InChI=1S/C9H14N2O/c1-7-2-4-11-6-8(7)9(10)3-5-12/h2,4,6,9,12H,3,5,10H2,1H3/t9-/m1/s1. The molecule has 0 aliphatic rings. The first kappa shape index (κ1) is 9.16. The van der Waals surface area contributed by atoms with Gasteiger partial charge in [-0.3, -0.25) is 4.98 Å². The number of nitrogens with two attached hydrogens (primary N) is 1. The van der Waals surface area contributed by atoms with Gasteiger partial charge in [0.15, 0.2) is 0 Å². The summed E-state index contributed by atoms with van der Waals surface area (Å²) >= 11 is 0. The summed E-state index contributed by atoms with van der Waals surface area (Å²) in [5.41, 5.74) is 7.96. The number of rotatable bonds is 3. The number of aromatic nitrogens is 1. The first-order chi connectivity index (χ1) is 5.75. The van der Waals surface area contributed by atoms with Gasteiger partial charge in [-0.05, 0) is 30.5 Å². The van der Waals surface area contributed by atoms with Gasteiger partial charge in [0.05, 0.1) is 0 Å². The van der Waals surface area contributed by atoms with Gasteiger partial charge in [-0.15, -0.1) is 0 Å². The molecule has 12 heavy (non-hydrogen) atoms. The number of hydrogen-bond acceptors (Lipinski definition) is 3. The molecule has 66 valence electrons. The molecule has 1 heterocycles. The maximum absolute atomic E-state index is 8.69. The first-order valence-electron chi connectivity index (χ1n) is 4.02. The normalized spacial score (nSPS) is 12.9. The van der Waals surface area contributed by atoms with E-state index in [-0.39, 0.29) is 12.6 Å². The number of aliphatic hydroxyl groups is 1. The highest BCUT2D eigenvalue weighted by atomic mass is 16.3. The van der Waals surface area contributed by atoms with Gasteiger partial charge in [0.25, 0.3) is 0 Å². The lowest BCUT2D eigenvalue weighted by molar-refractivity contribution is 0.276. The smallest absolute Gasteiger partial charge is 0.0449 e. The first-order valence-corrected chi connectivity index (χ1v) is 4.02. The zero-order valence-electron chi connectivity index (χ0n) is 7.20. The van der Waals surface area contributed by atoms with Gasteiger partial charge in [-0.1, -0.05) is 0 Å². The molecule has 3 N–H and O–H groups in total. The molecule has 1 aromatic rings. The zero-order chi connectivity index (χ0) is 8.97. The van der Waals surface area contributed by atoms with Crippen LogP contribution in [0.25, 0.3) is 0 Å². The molecule has 1 aromatic heterocycles. The van der Waals surface area contributed by atoms with E-state index in [1.807, 2.05) is 13.0 Å². The van der Waals surface area contributed by atoms with E-state index in [2.05, 4.69) is 4.98 Å². The summed E-state index contributed by atoms with van der Waals surface area (Å²) in [6, 6.07) is 1.83. The Bertz CT molecular complexity index is 250. The lowest BCUT2D eigenvalue weighted by atomic mass is 10.0. The van der Waals surface area contributed by atoms with Crippen LogP contribution in [-0.2, 0) is 0 Å². The average Bonchev–Trinajstić information content (AvgIpc) is 2.05. The minimum Gasteiger partial charge on any atom is -0.396 e. The van der Waals surface area contributed by atoms with Crippen molar-refractivity contribution >= 4 is 0 Å². The van der Waals surface area contributed by atoms with Crippen molar-refractivity contribution in [3.8, 4) is 0 Å². The Morgan fingerprint density at radius 2 is 2.42 bits per heavy atom. The quantitative estimate of drug-likeness (QED) is 0.697. The second-order valence-corrected chi connectivity index (χ2v) is 2.85. The third kappa shape index (κ3) is 2.03. The van der Waals surface area contributed by atoms with Crippen LogP contribution >= 0.6 is 0 Å². The lowest BCUT2D eigenvalue weighted by Crippen LogP contribution is -2.13. The fraction of sp³-hybridized carbons (Fsp3) is 0.444. The van der Waals surface area contributed by atoms with Crippen molar-refractivity contribution in [2.24, 2.45) is 5.73 Å². The SMILES string of the molecule is Cc1ccncc1[C@H](N)CCO. The van der Waals surface area contributed by atoms with Gasteiger partial charge in [0, 0.05) is 25.0 Å². The van der Waals surface area contributed by atoms with Crippen molar-refractivity contribution in [1.82, 2.24) is 4.98 Å². The number of pyridine rings is 1. The molecule has 1 rings (SSSR count). The lowest BCUT2D eigenvalue weighted by Gasteiger charge is -2.11. The molecule has 0 spiro atoms. The maximum atomic E-state index is 8.69. The summed E-state index contributed by atoms with van der Waals surface area (Å²) < 4.78 is 0. The molecule has 0 saturated carbocycles. The highest BCUT2D eigenvalue weighted by Crippen LogP contribution is 2.15. The predicted octanol–water partition coefficient (Wildman–Crippen LogP) is 0.772. The summed E-state index contributed by atoms with van der Waals surface area (Å²) in [5.74, 6) is 0. The number of hydrogen-bond donors (Lipinski definition) is 2. The molecular formula is C9H14N2O. The molecule has 0 aliphatic carbocycles. The molecule has 3 heteroatoms. The second kappa shape index (κ2) is 4.18. The maximum Gasteiger partial charge on any atom is 0.0449 e. The third-order valence-electron chi connectivity index (χ3n) is 1.92. The van der Waals surface area contributed by atoms with Crippen molar-refractivity contribution in [1.29, 1.82) is 0 Å². The third-order valence-corrected chi connectivity index (χ3v) is 1.92. The molecule has 0 bridgehead atoms. The molecular weight excluding hydrogens is 152 g/mol. The number of aryl methyl sites for hydroxylation is 1. The van der Waals surface area contributed by atoms with E-state index >= 15 is 0 Å². The Morgan fingerprint density at radius 1 is 1.67 bits per heavy atom. The van der Waals surface area contributed by atoms with Crippen LogP contribution in [-0.4, -0.2) is 16.7 Å². The highest BCUT2D eigenvalue weighted by Gasteiger charge is 2.07. The minimum absolute atomic E-state index is 0.0938. The van der Waals surface area contributed by atoms with Crippen LogP contribution in [0.5, 0.6) is 0 Å². The fourth-order valence-corrected chi connectivity index (χ4v) is 1.16. The Kier molecular flexibility index (Phi) is 3.19. The molecule has 0 aliphatic heterocycles. The van der Waals surface area contributed by atoms with Gasteiger partial charge in [0.1, 0.15) is 0 Å². The van der Waals surface area contributed by atoms with E-state index < -0.39 is 0 Å². The molecule has 1 atom stereocenters. The monoisotopic (exact) mass is 166 g/mol. The van der Waals surface area contributed by atoms with Crippen molar-refractivity contribution in [2.75, 3.05) is 6.61 Å². The van der Waals surface area contributed by atoms with Crippen LogP contribution in [0.15, 0.2) is 18.5 Å². The average molecular weight is 166 g/mol. The van der Waals surface area contributed by atoms with Gasteiger partial charge < -0.3 is 10.8 Å². The van der Waals surface area contributed by atoms with E-state index in [4.69, 9.17) is 10.8 Å². The summed E-state index contributed by atoms with van der Waals surface area (Å²) in [6.45, 7) is 2.11. The van der Waals surface area contributed by atoms with E-state index in [1.54, 1.807) is 12.4 Å². The zero-order valence-corrected chi connectivity index (χ0v) is 7.20. The minimum atomic E-state index is -0.0938. The second-order valence-electron chi connectivity index (χ2n) is 2.85. The van der Waals surface area contributed by atoms with Crippen molar-refractivity contribution in [3.05, 3.63) is 29.6 Å². The van der Waals surface area contributed by atoms with Gasteiger partial charge in [-0.2, -0.15) is 0 Å². The Balaban J connectivity index is 2.79. The molecule has 0 aromatic carbocycles. The van der Waals surface area contributed by atoms with E-state index in [1.165, 1.54) is 0 Å². The van der Waals surface area contributed by atoms with Gasteiger partial charge in [0.2, 0.25) is 0 Å². The van der Waals surface area contributed by atoms with Crippen LogP contribution in [0.4, 0.5) is 0 Å². The largest absolute Gasteiger partial charge is 0.396 e. The number of aliphatic hydroxyl groups excluding tert-OH is 1. The van der Waals surface area contributed by atoms with Crippen LogP contribution < -0.4 is 5.73 Å². The Hall–Kier alpha value is -0.930. The summed E-state index contributed by atoms with van der Waals surface area (Å²) in [5, 5.41) is 8.69.